The number of anilines is 1. The van der Waals surface area contributed by atoms with E-state index in [1.807, 2.05) is 0 Å². The van der Waals surface area contributed by atoms with Gasteiger partial charge >= 0.3 is 0 Å². The number of carbonyl (C=O) groups is 2. The highest BCUT2D eigenvalue weighted by Crippen LogP contribution is 2.20. The van der Waals surface area contributed by atoms with Crippen LogP contribution in [0.4, 0.5) is 5.69 Å². The van der Waals surface area contributed by atoms with Crippen molar-refractivity contribution in [2.75, 3.05) is 5.73 Å². The molecule has 0 radical (unpaired) electrons. The molecule has 0 unspecified atom stereocenters. The number of hydrogen-bond donors (Lipinski definition) is 2. The Morgan fingerprint density at radius 3 is 2.87 bits per heavy atom. The van der Waals surface area contributed by atoms with E-state index in [4.69, 9.17) is 5.73 Å². The van der Waals surface area contributed by atoms with E-state index in [1.54, 1.807) is 30.3 Å². The smallest absolute Gasteiger partial charge is 0.263 e. The molecule has 0 atom stereocenters. The fourth-order valence-electron chi connectivity index (χ4n) is 2.29. The van der Waals surface area contributed by atoms with Gasteiger partial charge in [-0.05, 0) is 24.3 Å². The summed E-state index contributed by atoms with van der Waals surface area (Å²) in [5.74, 6) is -0.385. The third kappa shape index (κ3) is 2.89. The van der Waals surface area contributed by atoms with Crippen molar-refractivity contribution in [3.05, 3.63) is 54.1 Å². The Hall–Kier alpha value is -3.22. The number of para-hydroxylation sites is 1. The van der Waals surface area contributed by atoms with Crippen molar-refractivity contribution in [2.24, 2.45) is 0 Å². The highest BCUT2D eigenvalue weighted by molar-refractivity contribution is 6.02. The Balaban J connectivity index is 1.94. The number of aromatic nitrogens is 3. The minimum atomic E-state index is -0.232. The quantitative estimate of drug-likeness (QED) is 0.711. The van der Waals surface area contributed by atoms with Gasteiger partial charge in [-0.15, -0.1) is 0 Å². The van der Waals surface area contributed by atoms with Crippen molar-refractivity contribution < 1.29 is 9.59 Å². The van der Waals surface area contributed by atoms with Crippen LogP contribution in [0.3, 0.4) is 0 Å². The summed E-state index contributed by atoms with van der Waals surface area (Å²) in [7, 11) is 0. The molecule has 1 amide bonds. The minimum absolute atomic E-state index is 0.153. The Labute approximate surface area is 132 Å². The van der Waals surface area contributed by atoms with Gasteiger partial charge in [-0.1, -0.05) is 6.07 Å². The van der Waals surface area contributed by atoms with Gasteiger partial charge in [0.1, 0.15) is 11.8 Å². The minimum Gasteiger partial charge on any atom is -0.397 e. The SMILES string of the molecule is CC(=O)NCc1cc(C(=O)n2cnc3c(N)cccc32)ccn1. The molecule has 0 saturated heterocycles. The van der Waals surface area contributed by atoms with Crippen molar-refractivity contribution in [3.63, 3.8) is 0 Å². The number of fused-ring (bicyclic) bond motifs is 1. The van der Waals surface area contributed by atoms with Gasteiger partial charge in [0.2, 0.25) is 5.91 Å². The zero-order chi connectivity index (χ0) is 16.4. The second kappa shape index (κ2) is 5.88. The summed E-state index contributed by atoms with van der Waals surface area (Å²) in [6.07, 6.45) is 3.00. The molecule has 23 heavy (non-hydrogen) atoms. The van der Waals surface area contributed by atoms with Crippen LogP contribution < -0.4 is 11.1 Å². The normalized spacial score (nSPS) is 10.7. The van der Waals surface area contributed by atoms with Crippen LogP contribution in [-0.4, -0.2) is 26.3 Å². The van der Waals surface area contributed by atoms with Gasteiger partial charge in [-0.2, -0.15) is 0 Å². The highest BCUT2D eigenvalue weighted by Gasteiger charge is 2.14. The summed E-state index contributed by atoms with van der Waals surface area (Å²) in [5.41, 5.74) is 8.69. The lowest BCUT2D eigenvalue weighted by molar-refractivity contribution is -0.119. The zero-order valence-corrected chi connectivity index (χ0v) is 12.5. The number of hydrogen-bond acceptors (Lipinski definition) is 5. The van der Waals surface area contributed by atoms with Crippen LogP contribution in [0, 0.1) is 0 Å². The predicted molar refractivity (Wildman–Crippen MR) is 85.6 cm³/mol. The molecule has 2 aromatic heterocycles. The maximum atomic E-state index is 12.7. The van der Waals surface area contributed by atoms with Crippen molar-refractivity contribution in [1.82, 2.24) is 19.9 Å². The monoisotopic (exact) mass is 309 g/mol. The van der Waals surface area contributed by atoms with E-state index in [9.17, 15) is 9.59 Å². The molecule has 0 aliphatic rings. The molecule has 0 aliphatic carbocycles. The highest BCUT2D eigenvalue weighted by atomic mass is 16.2. The Kier molecular flexibility index (Phi) is 3.76. The third-order valence-electron chi connectivity index (χ3n) is 3.41. The van der Waals surface area contributed by atoms with E-state index in [2.05, 4.69) is 15.3 Å². The number of imidazole rings is 1. The first-order chi connectivity index (χ1) is 11.1. The molecule has 0 fully saturated rings. The topological polar surface area (TPSA) is 103 Å². The van der Waals surface area contributed by atoms with Gasteiger partial charge in [0.05, 0.1) is 23.4 Å². The van der Waals surface area contributed by atoms with Crippen LogP contribution in [0.25, 0.3) is 11.0 Å². The predicted octanol–water partition coefficient (Wildman–Crippen LogP) is 1.34. The van der Waals surface area contributed by atoms with Crippen molar-refractivity contribution in [3.8, 4) is 0 Å². The summed E-state index contributed by atoms with van der Waals surface area (Å²) in [5, 5.41) is 2.65. The van der Waals surface area contributed by atoms with Crippen LogP contribution in [-0.2, 0) is 11.3 Å². The number of pyridine rings is 1. The van der Waals surface area contributed by atoms with Gasteiger partial charge in [-0.25, -0.2) is 4.98 Å². The molecule has 7 nitrogen and oxygen atoms in total. The number of nitrogen functional groups attached to an aromatic ring is 1. The van der Waals surface area contributed by atoms with Crippen molar-refractivity contribution in [1.29, 1.82) is 0 Å². The molecule has 3 N–H and O–H groups in total. The van der Waals surface area contributed by atoms with Gasteiger partial charge in [-0.3, -0.25) is 19.1 Å². The molecule has 116 valence electrons. The summed E-state index contributed by atoms with van der Waals surface area (Å²) in [6.45, 7) is 1.70. The fourth-order valence-corrected chi connectivity index (χ4v) is 2.29. The second-order valence-corrected chi connectivity index (χ2v) is 5.08. The summed E-state index contributed by atoms with van der Waals surface area (Å²) >= 11 is 0. The molecule has 0 aliphatic heterocycles. The molecule has 0 bridgehead atoms. The van der Waals surface area contributed by atoms with Gasteiger partial charge in [0.25, 0.3) is 5.91 Å². The van der Waals surface area contributed by atoms with Crippen molar-refractivity contribution in [2.45, 2.75) is 13.5 Å². The van der Waals surface area contributed by atoms with E-state index in [-0.39, 0.29) is 18.4 Å². The van der Waals surface area contributed by atoms with E-state index in [0.29, 0.717) is 28.0 Å². The molecule has 7 heteroatoms. The zero-order valence-electron chi connectivity index (χ0n) is 12.5. The van der Waals surface area contributed by atoms with Crippen LogP contribution >= 0.6 is 0 Å². The van der Waals surface area contributed by atoms with E-state index < -0.39 is 0 Å². The Morgan fingerprint density at radius 1 is 1.26 bits per heavy atom. The maximum absolute atomic E-state index is 12.7. The number of rotatable bonds is 3. The van der Waals surface area contributed by atoms with Gasteiger partial charge in [0.15, 0.2) is 0 Å². The lowest BCUT2D eigenvalue weighted by Gasteiger charge is -2.06. The van der Waals surface area contributed by atoms with Crippen LogP contribution in [0.15, 0.2) is 42.9 Å². The molecule has 0 saturated carbocycles. The average molecular weight is 309 g/mol. The molecule has 1 aromatic carbocycles. The second-order valence-electron chi connectivity index (χ2n) is 5.08. The van der Waals surface area contributed by atoms with Crippen LogP contribution in [0.5, 0.6) is 0 Å². The van der Waals surface area contributed by atoms with Gasteiger partial charge in [0, 0.05) is 18.7 Å². The van der Waals surface area contributed by atoms with E-state index in [1.165, 1.54) is 24.0 Å². The molecular formula is C16H15N5O2. The largest absolute Gasteiger partial charge is 0.397 e. The van der Waals surface area contributed by atoms with Crippen LogP contribution in [0.2, 0.25) is 0 Å². The summed E-state index contributed by atoms with van der Waals surface area (Å²) in [4.78, 5) is 32.0. The lowest BCUT2D eigenvalue weighted by Crippen LogP contribution is -2.20. The standard InChI is InChI=1S/C16H15N5O2/c1-10(22)19-8-12-7-11(5-6-18-12)16(23)21-9-20-15-13(17)3-2-4-14(15)21/h2-7,9H,8,17H2,1H3,(H,19,22). The number of amides is 1. The first-order valence-electron chi connectivity index (χ1n) is 7.02. The Bertz CT molecular complexity index is 900. The average Bonchev–Trinajstić information content (AvgIpc) is 2.98. The number of benzene rings is 1. The van der Waals surface area contributed by atoms with Crippen LogP contribution in [0.1, 0.15) is 23.0 Å². The fraction of sp³-hybridized carbons (Fsp3) is 0.125. The van der Waals surface area contributed by atoms with Gasteiger partial charge < -0.3 is 11.1 Å². The number of nitrogens with zero attached hydrogens (tertiary/aromatic N) is 3. The number of nitrogens with two attached hydrogens (primary N) is 1. The first kappa shape index (κ1) is 14.7. The third-order valence-corrected chi connectivity index (χ3v) is 3.41. The number of nitrogens with one attached hydrogen (secondary N) is 1. The maximum Gasteiger partial charge on any atom is 0.263 e. The molecule has 0 spiro atoms. The Morgan fingerprint density at radius 2 is 2.09 bits per heavy atom. The number of carbonyl (C=O) groups excluding carboxylic acids is 2. The molecule has 2 heterocycles. The lowest BCUT2D eigenvalue weighted by atomic mass is 10.2. The first-order valence-corrected chi connectivity index (χ1v) is 7.02. The summed E-state index contributed by atoms with van der Waals surface area (Å²) in [6, 6.07) is 8.57. The van der Waals surface area contributed by atoms with E-state index in [0.717, 1.165) is 0 Å². The summed E-state index contributed by atoms with van der Waals surface area (Å²) < 4.78 is 1.45. The van der Waals surface area contributed by atoms with Crippen molar-refractivity contribution >= 4 is 28.5 Å². The molecule has 3 aromatic rings. The molecular weight excluding hydrogens is 294 g/mol. The van der Waals surface area contributed by atoms with E-state index >= 15 is 0 Å². The molecule has 3 rings (SSSR count).